The molecule has 3 N–H and O–H groups in total. The van der Waals surface area contributed by atoms with Gasteiger partial charge in [-0.1, -0.05) is 13.8 Å². The van der Waals surface area contributed by atoms with Gasteiger partial charge in [-0.25, -0.2) is 0 Å². The Labute approximate surface area is 142 Å². The zero-order chi connectivity index (χ0) is 17.0. The van der Waals surface area contributed by atoms with Crippen LogP contribution in [0.1, 0.15) is 32.3 Å². The summed E-state index contributed by atoms with van der Waals surface area (Å²) in [4.78, 5) is 0. The molecule has 0 radical (unpaired) electrons. The summed E-state index contributed by atoms with van der Waals surface area (Å²) in [6.45, 7) is 6.37. The van der Waals surface area contributed by atoms with Crippen LogP contribution in [0.15, 0.2) is 24.4 Å². The molecule has 1 aliphatic heterocycles. The first-order valence-corrected chi connectivity index (χ1v) is 8.50. The fraction of sp³-hybridized carbons (Fsp3) is 0.500. The van der Waals surface area contributed by atoms with Gasteiger partial charge in [0.1, 0.15) is 13.2 Å². The minimum Gasteiger partial charge on any atom is -0.486 e. The van der Waals surface area contributed by atoms with Crippen LogP contribution in [0.2, 0.25) is 0 Å². The minimum absolute atomic E-state index is 0.561. The molecule has 1 aliphatic rings. The molecule has 24 heavy (non-hydrogen) atoms. The first-order valence-electron chi connectivity index (χ1n) is 8.50. The van der Waals surface area contributed by atoms with Gasteiger partial charge in [0.25, 0.3) is 0 Å². The van der Waals surface area contributed by atoms with Gasteiger partial charge >= 0.3 is 0 Å². The van der Waals surface area contributed by atoms with Crippen LogP contribution in [0.3, 0.4) is 0 Å². The average Bonchev–Trinajstić information content (AvgIpc) is 3.09. The second-order valence-electron chi connectivity index (χ2n) is 6.16. The maximum Gasteiger partial charge on any atom is 0.162 e. The van der Waals surface area contributed by atoms with Gasteiger partial charge in [-0.2, -0.15) is 5.10 Å². The number of aliphatic hydroxyl groups is 1. The van der Waals surface area contributed by atoms with Gasteiger partial charge in [0.05, 0.1) is 17.5 Å². The van der Waals surface area contributed by atoms with E-state index in [1.165, 1.54) is 0 Å². The van der Waals surface area contributed by atoms with Crippen LogP contribution in [0.4, 0.5) is 0 Å². The van der Waals surface area contributed by atoms with E-state index in [1.54, 1.807) is 0 Å². The number of aromatic amines is 1. The Morgan fingerprint density at radius 3 is 2.71 bits per heavy atom. The normalized spacial score (nSPS) is 14.0. The number of hydrogen-bond donors (Lipinski definition) is 3. The third-order valence-electron chi connectivity index (χ3n) is 4.63. The number of nitrogens with one attached hydrogen (secondary N) is 2. The van der Waals surface area contributed by atoms with Crippen LogP contribution in [0, 0.1) is 0 Å². The lowest BCUT2D eigenvalue weighted by atomic mass is 9.97. The number of fused-ring (bicyclic) bond motifs is 1. The molecule has 0 aliphatic carbocycles. The lowest BCUT2D eigenvalue weighted by Crippen LogP contribution is -2.39. The van der Waals surface area contributed by atoms with E-state index in [0.29, 0.717) is 26.3 Å². The van der Waals surface area contributed by atoms with Crippen LogP contribution >= 0.6 is 0 Å². The highest BCUT2D eigenvalue weighted by molar-refractivity contribution is 5.66. The number of hydrogen-bond acceptors (Lipinski definition) is 5. The third kappa shape index (κ3) is 3.55. The second kappa shape index (κ2) is 7.23. The van der Waals surface area contributed by atoms with Gasteiger partial charge in [0.15, 0.2) is 11.5 Å². The first kappa shape index (κ1) is 16.8. The van der Waals surface area contributed by atoms with Crippen molar-refractivity contribution in [2.45, 2.75) is 38.8 Å². The van der Waals surface area contributed by atoms with Crippen molar-refractivity contribution in [3.8, 4) is 22.8 Å². The van der Waals surface area contributed by atoms with Gasteiger partial charge < -0.3 is 19.9 Å². The Kier molecular flexibility index (Phi) is 5.06. The van der Waals surface area contributed by atoms with Gasteiger partial charge in [0.2, 0.25) is 0 Å². The Balaban J connectivity index is 1.71. The van der Waals surface area contributed by atoms with Crippen LogP contribution in [-0.4, -0.2) is 40.7 Å². The Hall–Kier alpha value is -2.05. The van der Waals surface area contributed by atoms with Crippen LogP contribution in [0.25, 0.3) is 11.3 Å². The molecule has 0 atom stereocenters. The van der Waals surface area contributed by atoms with Crippen molar-refractivity contribution in [2.75, 3.05) is 19.8 Å². The Bertz CT molecular complexity index is 680. The highest BCUT2D eigenvalue weighted by Gasteiger charge is 2.21. The number of benzene rings is 1. The number of aromatic nitrogens is 2. The zero-order valence-electron chi connectivity index (χ0n) is 14.3. The molecule has 0 spiro atoms. The number of rotatable bonds is 7. The van der Waals surface area contributed by atoms with Crippen molar-refractivity contribution in [1.82, 2.24) is 15.5 Å². The number of ether oxygens (including phenoxy) is 2. The highest BCUT2D eigenvalue weighted by atomic mass is 16.6. The molecule has 0 bridgehead atoms. The lowest BCUT2D eigenvalue weighted by molar-refractivity contribution is 0.0323. The predicted molar refractivity (Wildman–Crippen MR) is 92.3 cm³/mol. The van der Waals surface area contributed by atoms with Crippen molar-refractivity contribution < 1.29 is 14.6 Å². The number of nitrogens with zero attached hydrogens (tertiary/aromatic N) is 1. The maximum atomic E-state index is 10.4. The predicted octanol–water partition coefficient (Wildman–Crippen LogP) is 2.49. The minimum atomic E-state index is -0.652. The standard InChI is InChI=1S/C18H25N3O3/c1-3-18(22,4-2)12-19-10-14-11-20-21-17(14)13-5-6-15-16(9-13)24-8-7-23-15/h5-6,9,11,19,22H,3-4,7-8,10,12H2,1-2H3,(H,20,21). The van der Waals surface area contributed by atoms with E-state index >= 15 is 0 Å². The van der Waals surface area contributed by atoms with Crippen molar-refractivity contribution in [1.29, 1.82) is 0 Å². The molecule has 2 heterocycles. The SMILES string of the molecule is CCC(O)(CC)CNCc1cn[nH]c1-c1ccc2c(c1)OCCO2. The fourth-order valence-electron chi connectivity index (χ4n) is 2.82. The van der Waals surface area contributed by atoms with E-state index in [4.69, 9.17) is 9.47 Å². The number of H-pyrrole nitrogens is 1. The topological polar surface area (TPSA) is 79.4 Å². The van der Waals surface area contributed by atoms with E-state index in [-0.39, 0.29) is 0 Å². The highest BCUT2D eigenvalue weighted by Crippen LogP contribution is 2.34. The van der Waals surface area contributed by atoms with Crippen LogP contribution in [-0.2, 0) is 6.54 Å². The molecule has 0 unspecified atom stereocenters. The van der Waals surface area contributed by atoms with Gasteiger partial charge in [-0.3, -0.25) is 5.10 Å². The molecule has 6 nitrogen and oxygen atoms in total. The summed E-state index contributed by atoms with van der Waals surface area (Å²) < 4.78 is 11.2. The Morgan fingerprint density at radius 1 is 1.21 bits per heavy atom. The second-order valence-corrected chi connectivity index (χ2v) is 6.16. The van der Waals surface area contributed by atoms with Crippen LogP contribution in [0.5, 0.6) is 11.5 Å². The van der Waals surface area contributed by atoms with Gasteiger partial charge in [0, 0.05) is 24.2 Å². The summed E-state index contributed by atoms with van der Waals surface area (Å²) in [6.07, 6.45) is 3.28. The van der Waals surface area contributed by atoms with Crippen molar-refractivity contribution in [3.63, 3.8) is 0 Å². The molecular formula is C18H25N3O3. The molecule has 0 saturated heterocycles. The molecule has 1 aromatic heterocycles. The molecular weight excluding hydrogens is 306 g/mol. The lowest BCUT2D eigenvalue weighted by Gasteiger charge is -2.25. The van der Waals surface area contributed by atoms with Crippen molar-refractivity contribution in [2.24, 2.45) is 0 Å². The fourth-order valence-corrected chi connectivity index (χ4v) is 2.82. The molecule has 0 saturated carbocycles. The average molecular weight is 331 g/mol. The van der Waals surface area contributed by atoms with Crippen LogP contribution < -0.4 is 14.8 Å². The molecule has 6 heteroatoms. The summed E-state index contributed by atoms with van der Waals surface area (Å²) in [5.41, 5.74) is 2.37. The largest absolute Gasteiger partial charge is 0.486 e. The summed E-state index contributed by atoms with van der Waals surface area (Å²) >= 11 is 0. The van der Waals surface area contributed by atoms with E-state index in [9.17, 15) is 5.11 Å². The molecule has 3 rings (SSSR count). The summed E-state index contributed by atoms with van der Waals surface area (Å²) in [5.74, 6) is 1.54. The van der Waals surface area contributed by atoms with E-state index in [0.717, 1.165) is 41.2 Å². The Morgan fingerprint density at radius 2 is 1.96 bits per heavy atom. The van der Waals surface area contributed by atoms with E-state index < -0.39 is 5.60 Å². The molecule has 0 amide bonds. The molecule has 0 fully saturated rings. The first-order chi connectivity index (χ1) is 11.6. The summed E-state index contributed by atoms with van der Waals surface area (Å²) in [7, 11) is 0. The quantitative estimate of drug-likeness (QED) is 0.726. The van der Waals surface area contributed by atoms with Gasteiger partial charge in [-0.05, 0) is 31.0 Å². The zero-order valence-corrected chi connectivity index (χ0v) is 14.3. The van der Waals surface area contributed by atoms with Crippen molar-refractivity contribution in [3.05, 3.63) is 30.0 Å². The molecule has 130 valence electrons. The maximum absolute atomic E-state index is 10.4. The van der Waals surface area contributed by atoms with E-state index in [2.05, 4.69) is 15.5 Å². The monoisotopic (exact) mass is 331 g/mol. The molecule has 1 aromatic carbocycles. The smallest absolute Gasteiger partial charge is 0.162 e. The van der Waals surface area contributed by atoms with Gasteiger partial charge in [-0.15, -0.1) is 0 Å². The van der Waals surface area contributed by atoms with Crippen molar-refractivity contribution >= 4 is 0 Å². The molecule has 2 aromatic rings. The summed E-state index contributed by atoms with van der Waals surface area (Å²) in [6, 6.07) is 5.90. The summed E-state index contributed by atoms with van der Waals surface area (Å²) in [5, 5.41) is 20.9. The van der Waals surface area contributed by atoms with E-state index in [1.807, 2.05) is 38.2 Å². The third-order valence-corrected chi connectivity index (χ3v) is 4.63.